The Morgan fingerprint density at radius 2 is 1.88 bits per heavy atom. The van der Waals surface area contributed by atoms with Gasteiger partial charge >= 0.3 is 0 Å². The number of hydrogen-bond acceptors (Lipinski definition) is 4. The molecule has 26 heavy (non-hydrogen) atoms. The summed E-state index contributed by atoms with van der Waals surface area (Å²) in [7, 11) is 1.64. The van der Waals surface area contributed by atoms with E-state index in [9.17, 15) is 4.79 Å². The Kier molecular flexibility index (Phi) is 4.27. The number of fused-ring (bicyclic) bond motifs is 1. The number of carbonyl (C=O) groups excluding carboxylic acids is 1. The van der Waals surface area contributed by atoms with Gasteiger partial charge in [0.05, 0.1) is 12.7 Å². The predicted molar refractivity (Wildman–Crippen MR) is 99.9 cm³/mol. The molecule has 0 spiro atoms. The van der Waals surface area contributed by atoms with E-state index in [1.54, 1.807) is 19.5 Å². The van der Waals surface area contributed by atoms with Crippen LogP contribution in [0.5, 0.6) is 5.75 Å². The van der Waals surface area contributed by atoms with Crippen molar-refractivity contribution in [2.45, 2.75) is 12.7 Å². The average molecular weight is 345 g/mol. The van der Waals surface area contributed by atoms with E-state index >= 15 is 0 Å². The van der Waals surface area contributed by atoms with Gasteiger partial charge in [-0.3, -0.25) is 9.78 Å². The molecule has 1 aliphatic heterocycles. The predicted octanol–water partition coefficient (Wildman–Crippen LogP) is 3.86. The van der Waals surface area contributed by atoms with Gasteiger partial charge < -0.3 is 15.0 Å². The Morgan fingerprint density at radius 3 is 2.69 bits per heavy atom. The fourth-order valence-electron chi connectivity index (χ4n) is 3.28. The quantitative estimate of drug-likeness (QED) is 0.780. The molecule has 0 aliphatic carbocycles. The van der Waals surface area contributed by atoms with Crippen LogP contribution in [0.15, 0.2) is 73.1 Å². The molecule has 5 heteroatoms. The van der Waals surface area contributed by atoms with Crippen molar-refractivity contribution in [1.82, 2.24) is 9.88 Å². The van der Waals surface area contributed by atoms with Crippen molar-refractivity contribution in [1.29, 1.82) is 0 Å². The number of nitrogens with zero attached hydrogens (tertiary/aromatic N) is 2. The van der Waals surface area contributed by atoms with Crippen LogP contribution in [0, 0.1) is 0 Å². The van der Waals surface area contributed by atoms with Crippen LogP contribution in [0.1, 0.15) is 27.7 Å². The van der Waals surface area contributed by atoms with Gasteiger partial charge in [-0.1, -0.05) is 36.4 Å². The van der Waals surface area contributed by atoms with Crippen molar-refractivity contribution in [3.05, 3.63) is 89.7 Å². The summed E-state index contributed by atoms with van der Waals surface area (Å²) >= 11 is 0. The van der Waals surface area contributed by atoms with Gasteiger partial charge in [0.15, 0.2) is 0 Å². The summed E-state index contributed by atoms with van der Waals surface area (Å²) < 4.78 is 5.53. The lowest BCUT2D eigenvalue weighted by atomic mass is 10.0. The Hall–Kier alpha value is -3.34. The Labute approximate surface area is 152 Å². The highest BCUT2D eigenvalue weighted by Crippen LogP contribution is 2.37. The van der Waals surface area contributed by atoms with E-state index in [1.807, 2.05) is 65.6 Å². The molecule has 1 atom stereocenters. The van der Waals surface area contributed by atoms with E-state index in [0.717, 1.165) is 22.6 Å². The van der Waals surface area contributed by atoms with Gasteiger partial charge in [0.1, 0.15) is 11.9 Å². The lowest BCUT2D eigenvalue weighted by Crippen LogP contribution is -2.42. The minimum absolute atomic E-state index is 0.0147. The largest absolute Gasteiger partial charge is 0.496 e. The maximum absolute atomic E-state index is 13.2. The monoisotopic (exact) mass is 345 g/mol. The Morgan fingerprint density at radius 1 is 1.08 bits per heavy atom. The summed E-state index contributed by atoms with van der Waals surface area (Å²) in [6.45, 7) is 0.455. The van der Waals surface area contributed by atoms with Crippen molar-refractivity contribution in [3.8, 4) is 5.75 Å². The summed E-state index contributed by atoms with van der Waals surface area (Å²) in [4.78, 5) is 19.2. The highest BCUT2D eigenvalue weighted by Gasteiger charge is 2.34. The maximum Gasteiger partial charge on any atom is 0.258 e. The van der Waals surface area contributed by atoms with Gasteiger partial charge in [0.2, 0.25) is 0 Å². The van der Waals surface area contributed by atoms with Crippen molar-refractivity contribution in [2.75, 3.05) is 12.4 Å². The molecule has 2 aromatic carbocycles. The number of amides is 1. The summed E-state index contributed by atoms with van der Waals surface area (Å²) in [5, 5.41) is 3.49. The van der Waals surface area contributed by atoms with Crippen LogP contribution in [-0.2, 0) is 6.54 Å². The third-order valence-corrected chi connectivity index (χ3v) is 4.53. The van der Waals surface area contributed by atoms with Gasteiger partial charge in [-0.05, 0) is 29.8 Å². The van der Waals surface area contributed by atoms with Gasteiger partial charge in [-0.2, -0.15) is 0 Å². The zero-order valence-corrected chi connectivity index (χ0v) is 14.4. The normalized spacial score (nSPS) is 16.0. The fourth-order valence-corrected chi connectivity index (χ4v) is 3.28. The number of pyridine rings is 1. The van der Waals surface area contributed by atoms with Gasteiger partial charge in [-0.15, -0.1) is 0 Å². The van der Waals surface area contributed by atoms with Crippen LogP contribution < -0.4 is 10.1 Å². The first-order chi connectivity index (χ1) is 12.8. The van der Waals surface area contributed by atoms with E-state index in [2.05, 4.69) is 10.3 Å². The number of aromatic nitrogens is 1. The average Bonchev–Trinajstić information content (AvgIpc) is 2.71. The topological polar surface area (TPSA) is 54.5 Å². The molecule has 3 aromatic rings. The van der Waals surface area contributed by atoms with Gasteiger partial charge in [0, 0.05) is 30.2 Å². The molecule has 0 radical (unpaired) electrons. The molecule has 2 heterocycles. The van der Waals surface area contributed by atoms with Crippen LogP contribution in [-0.4, -0.2) is 22.9 Å². The third-order valence-electron chi connectivity index (χ3n) is 4.53. The standard InChI is InChI=1S/C21H19N3O2/c1-26-19-11-5-3-9-17(19)20-23-18-10-4-2-8-16(18)21(25)24(20)14-15-7-6-12-22-13-15/h2-13,20,23H,14H2,1H3. The second kappa shape index (κ2) is 6.88. The second-order valence-corrected chi connectivity index (χ2v) is 6.13. The summed E-state index contributed by atoms with van der Waals surface area (Å²) in [5.74, 6) is 0.729. The maximum atomic E-state index is 13.2. The number of rotatable bonds is 4. The molecule has 1 N–H and O–H groups in total. The zero-order chi connectivity index (χ0) is 17.9. The second-order valence-electron chi connectivity index (χ2n) is 6.13. The van der Waals surface area contributed by atoms with Gasteiger partial charge in [-0.25, -0.2) is 0 Å². The molecule has 0 bridgehead atoms. The minimum Gasteiger partial charge on any atom is -0.496 e. The van der Waals surface area contributed by atoms with E-state index < -0.39 is 0 Å². The molecule has 0 fully saturated rings. The first kappa shape index (κ1) is 16.1. The number of hydrogen-bond donors (Lipinski definition) is 1. The molecule has 0 saturated heterocycles. The fraction of sp³-hybridized carbons (Fsp3) is 0.143. The summed E-state index contributed by atoms with van der Waals surface area (Å²) in [5.41, 5.74) is 3.39. The smallest absolute Gasteiger partial charge is 0.258 e. The molecule has 1 aromatic heterocycles. The SMILES string of the molecule is COc1ccccc1C1Nc2ccccc2C(=O)N1Cc1cccnc1. The number of ether oxygens (including phenoxy) is 1. The number of nitrogens with one attached hydrogen (secondary N) is 1. The Balaban J connectivity index is 1.79. The zero-order valence-electron chi connectivity index (χ0n) is 14.4. The van der Waals surface area contributed by atoms with Crippen molar-refractivity contribution in [3.63, 3.8) is 0 Å². The lowest BCUT2D eigenvalue weighted by Gasteiger charge is -2.38. The highest BCUT2D eigenvalue weighted by molar-refractivity contribution is 6.01. The lowest BCUT2D eigenvalue weighted by molar-refractivity contribution is 0.0664. The summed E-state index contributed by atoms with van der Waals surface area (Å²) in [6, 6.07) is 19.2. The molecule has 1 unspecified atom stereocenters. The molecule has 1 amide bonds. The van der Waals surface area contributed by atoms with E-state index in [1.165, 1.54) is 0 Å². The van der Waals surface area contributed by atoms with E-state index in [-0.39, 0.29) is 12.1 Å². The minimum atomic E-state index is -0.325. The Bertz CT molecular complexity index is 927. The van der Waals surface area contributed by atoms with E-state index in [4.69, 9.17) is 4.74 Å². The molecule has 0 saturated carbocycles. The summed E-state index contributed by atoms with van der Waals surface area (Å²) in [6.07, 6.45) is 3.19. The van der Waals surface area contributed by atoms with Crippen LogP contribution in [0.3, 0.4) is 0 Å². The van der Waals surface area contributed by atoms with E-state index in [0.29, 0.717) is 12.1 Å². The molecule has 1 aliphatic rings. The van der Waals surface area contributed by atoms with Crippen LogP contribution >= 0.6 is 0 Å². The number of para-hydroxylation sites is 2. The molecular formula is C21H19N3O2. The van der Waals surface area contributed by atoms with Crippen molar-refractivity contribution < 1.29 is 9.53 Å². The molecule has 5 nitrogen and oxygen atoms in total. The van der Waals surface area contributed by atoms with Gasteiger partial charge in [0.25, 0.3) is 5.91 Å². The van der Waals surface area contributed by atoms with Crippen molar-refractivity contribution in [2.24, 2.45) is 0 Å². The number of methoxy groups -OCH3 is 1. The highest BCUT2D eigenvalue weighted by atomic mass is 16.5. The first-order valence-electron chi connectivity index (χ1n) is 8.46. The molecular weight excluding hydrogens is 326 g/mol. The van der Waals surface area contributed by atoms with Crippen LogP contribution in [0.25, 0.3) is 0 Å². The number of anilines is 1. The van der Waals surface area contributed by atoms with Crippen LogP contribution in [0.4, 0.5) is 5.69 Å². The molecule has 4 rings (SSSR count). The number of benzene rings is 2. The first-order valence-corrected chi connectivity index (χ1v) is 8.46. The van der Waals surface area contributed by atoms with Crippen LogP contribution in [0.2, 0.25) is 0 Å². The van der Waals surface area contributed by atoms with Crippen molar-refractivity contribution >= 4 is 11.6 Å². The third kappa shape index (κ3) is 2.88. The molecule has 130 valence electrons. The number of carbonyl (C=O) groups is 1.